The minimum absolute atomic E-state index is 0.151. The highest BCUT2D eigenvalue weighted by Crippen LogP contribution is 2.21. The second-order valence-corrected chi connectivity index (χ2v) is 5.30. The molecule has 1 rings (SSSR count). The van der Waals surface area contributed by atoms with Gasteiger partial charge < -0.3 is 10.6 Å². The average molecular weight is 209 g/mol. The number of nitrogens with zero attached hydrogens (tertiary/aromatic N) is 2. The van der Waals surface area contributed by atoms with E-state index in [0.29, 0.717) is 6.04 Å². The topological polar surface area (TPSA) is 53.0 Å². The van der Waals surface area contributed by atoms with Crippen LogP contribution in [0.5, 0.6) is 0 Å². The summed E-state index contributed by atoms with van der Waals surface area (Å²) in [4.78, 5) is 2.43. The molecule has 1 fully saturated rings. The Hall–Kier alpha value is -0.590. The number of nitriles is 1. The number of nitrogens with two attached hydrogens (primary N) is 1. The highest BCUT2D eigenvalue weighted by atomic mass is 15.2. The van der Waals surface area contributed by atoms with Crippen LogP contribution in [0.15, 0.2) is 0 Å². The Labute approximate surface area is 93.2 Å². The van der Waals surface area contributed by atoms with Gasteiger partial charge in [-0.25, -0.2) is 0 Å². The van der Waals surface area contributed by atoms with Gasteiger partial charge in [0.1, 0.15) is 0 Å². The third-order valence-electron chi connectivity index (χ3n) is 3.14. The molecule has 0 aromatic rings. The van der Waals surface area contributed by atoms with E-state index in [1.807, 2.05) is 13.8 Å². The van der Waals surface area contributed by atoms with Gasteiger partial charge >= 0.3 is 0 Å². The van der Waals surface area contributed by atoms with Gasteiger partial charge in [-0.05, 0) is 46.2 Å². The molecule has 0 amide bonds. The van der Waals surface area contributed by atoms with Gasteiger partial charge in [-0.15, -0.1) is 0 Å². The van der Waals surface area contributed by atoms with Crippen molar-refractivity contribution in [2.45, 2.75) is 45.6 Å². The van der Waals surface area contributed by atoms with Crippen LogP contribution in [0.2, 0.25) is 0 Å². The minimum atomic E-state index is -0.151. The van der Waals surface area contributed by atoms with Crippen molar-refractivity contribution in [3.8, 4) is 6.07 Å². The first kappa shape index (κ1) is 12.5. The van der Waals surface area contributed by atoms with Gasteiger partial charge in [-0.2, -0.15) is 5.26 Å². The summed E-state index contributed by atoms with van der Waals surface area (Å²) in [6, 6.07) is 2.73. The Morgan fingerprint density at radius 2 is 2.20 bits per heavy atom. The van der Waals surface area contributed by atoms with Gasteiger partial charge in [-0.3, -0.25) is 0 Å². The molecule has 3 nitrogen and oxygen atoms in total. The molecule has 3 heteroatoms. The quantitative estimate of drug-likeness (QED) is 0.702. The first-order valence-electron chi connectivity index (χ1n) is 5.93. The molecule has 0 bridgehead atoms. The van der Waals surface area contributed by atoms with Crippen LogP contribution in [0, 0.1) is 16.7 Å². The Kier molecular flexibility index (Phi) is 4.56. The summed E-state index contributed by atoms with van der Waals surface area (Å²) in [6.07, 6.45) is 4.48. The predicted octanol–water partition coefficient (Wildman–Crippen LogP) is 1.74. The Morgan fingerprint density at radius 3 is 2.73 bits per heavy atom. The van der Waals surface area contributed by atoms with Crippen LogP contribution in [0.4, 0.5) is 0 Å². The number of hydrogen-bond donors (Lipinski definition) is 1. The molecule has 1 aliphatic rings. The number of rotatable bonds is 5. The summed E-state index contributed by atoms with van der Waals surface area (Å²) in [5.74, 6) is 0. The first-order chi connectivity index (χ1) is 7.03. The molecule has 0 radical (unpaired) electrons. The van der Waals surface area contributed by atoms with Gasteiger partial charge in [0, 0.05) is 12.6 Å². The third-order valence-corrected chi connectivity index (χ3v) is 3.14. The van der Waals surface area contributed by atoms with Gasteiger partial charge in [0.05, 0.1) is 11.5 Å². The van der Waals surface area contributed by atoms with E-state index >= 15 is 0 Å². The van der Waals surface area contributed by atoms with Crippen LogP contribution in [-0.2, 0) is 0 Å². The third kappa shape index (κ3) is 4.63. The summed E-state index contributed by atoms with van der Waals surface area (Å²) in [5.41, 5.74) is 5.68. The summed E-state index contributed by atoms with van der Waals surface area (Å²) < 4.78 is 0. The maximum Gasteiger partial charge on any atom is 0.0683 e. The van der Waals surface area contributed by atoms with Crippen molar-refractivity contribution in [3.05, 3.63) is 0 Å². The van der Waals surface area contributed by atoms with E-state index in [-0.39, 0.29) is 5.41 Å². The molecule has 0 aromatic carbocycles. The van der Waals surface area contributed by atoms with E-state index in [9.17, 15) is 0 Å². The summed E-state index contributed by atoms with van der Waals surface area (Å²) in [5, 5.41) is 8.86. The molecule has 1 atom stereocenters. The summed E-state index contributed by atoms with van der Waals surface area (Å²) in [6.45, 7) is 7.39. The lowest BCUT2D eigenvalue weighted by Crippen LogP contribution is -2.27. The molecule has 0 saturated carbocycles. The molecule has 0 unspecified atom stereocenters. The van der Waals surface area contributed by atoms with Crippen molar-refractivity contribution in [3.63, 3.8) is 0 Å². The smallest absolute Gasteiger partial charge is 0.0683 e. The van der Waals surface area contributed by atoms with Crippen molar-refractivity contribution in [1.82, 2.24) is 4.90 Å². The zero-order chi connectivity index (χ0) is 11.3. The molecule has 0 aromatic heterocycles. The highest BCUT2D eigenvalue weighted by molar-refractivity contribution is 4.91. The zero-order valence-corrected chi connectivity index (χ0v) is 10.00. The zero-order valence-electron chi connectivity index (χ0n) is 10.00. The Morgan fingerprint density at radius 1 is 1.47 bits per heavy atom. The molecule has 15 heavy (non-hydrogen) atoms. The normalized spacial score (nSPS) is 22.9. The number of likely N-dealkylation sites (tertiary alicyclic amines) is 1. The lowest BCUT2D eigenvalue weighted by molar-refractivity contribution is 0.313. The average Bonchev–Trinajstić information content (AvgIpc) is 2.59. The fourth-order valence-electron chi connectivity index (χ4n) is 2.02. The van der Waals surface area contributed by atoms with Crippen molar-refractivity contribution in [1.29, 1.82) is 5.26 Å². The van der Waals surface area contributed by atoms with Crippen molar-refractivity contribution in [2.75, 3.05) is 19.6 Å². The Bertz CT molecular complexity index is 230. The molecule has 0 aliphatic carbocycles. The van der Waals surface area contributed by atoms with Crippen LogP contribution in [0.25, 0.3) is 0 Å². The second kappa shape index (κ2) is 5.48. The van der Waals surface area contributed by atoms with Crippen molar-refractivity contribution in [2.24, 2.45) is 11.1 Å². The molecule has 2 N–H and O–H groups in total. The van der Waals surface area contributed by atoms with Crippen molar-refractivity contribution < 1.29 is 0 Å². The maximum absolute atomic E-state index is 8.86. The molecule has 0 spiro atoms. The molecular weight excluding hydrogens is 186 g/mol. The summed E-state index contributed by atoms with van der Waals surface area (Å²) in [7, 11) is 0. The minimum Gasteiger partial charge on any atom is -0.326 e. The SMILES string of the molecule is CC(C)(C#N)CCCCN1CC[C@@H](N)C1. The Balaban J connectivity index is 2.05. The van der Waals surface area contributed by atoms with Gasteiger partial charge in [-0.1, -0.05) is 6.42 Å². The molecule has 1 saturated heterocycles. The van der Waals surface area contributed by atoms with Crippen molar-refractivity contribution >= 4 is 0 Å². The standard InChI is InChI=1S/C12H23N3/c1-12(2,10-13)6-3-4-7-15-8-5-11(14)9-15/h11H,3-9,14H2,1-2H3/t11-/m1/s1. The molecule has 1 heterocycles. The van der Waals surface area contributed by atoms with Gasteiger partial charge in [0.2, 0.25) is 0 Å². The van der Waals surface area contributed by atoms with E-state index in [0.717, 1.165) is 38.9 Å². The number of unbranched alkanes of at least 4 members (excludes halogenated alkanes) is 1. The molecule has 86 valence electrons. The van der Waals surface area contributed by atoms with Crippen LogP contribution >= 0.6 is 0 Å². The largest absolute Gasteiger partial charge is 0.326 e. The second-order valence-electron chi connectivity index (χ2n) is 5.30. The summed E-state index contributed by atoms with van der Waals surface area (Å²) >= 11 is 0. The van der Waals surface area contributed by atoms with Crippen LogP contribution < -0.4 is 5.73 Å². The maximum atomic E-state index is 8.86. The first-order valence-corrected chi connectivity index (χ1v) is 5.93. The monoisotopic (exact) mass is 209 g/mol. The van der Waals surface area contributed by atoms with E-state index in [1.54, 1.807) is 0 Å². The van der Waals surface area contributed by atoms with Crippen LogP contribution in [0.1, 0.15) is 39.5 Å². The lowest BCUT2D eigenvalue weighted by atomic mass is 9.89. The predicted molar refractivity (Wildman–Crippen MR) is 62.3 cm³/mol. The fraction of sp³-hybridized carbons (Fsp3) is 0.917. The van der Waals surface area contributed by atoms with E-state index < -0.39 is 0 Å². The van der Waals surface area contributed by atoms with E-state index in [4.69, 9.17) is 11.0 Å². The van der Waals surface area contributed by atoms with E-state index in [2.05, 4.69) is 11.0 Å². The van der Waals surface area contributed by atoms with Crippen LogP contribution in [0.3, 0.4) is 0 Å². The van der Waals surface area contributed by atoms with E-state index in [1.165, 1.54) is 6.42 Å². The van der Waals surface area contributed by atoms with Gasteiger partial charge in [0.15, 0.2) is 0 Å². The lowest BCUT2D eigenvalue weighted by Gasteiger charge is -2.17. The molecule has 1 aliphatic heterocycles. The van der Waals surface area contributed by atoms with Crippen LogP contribution in [-0.4, -0.2) is 30.6 Å². The van der Waals surface area contributed by atoms with Gasteiger partial charge in [0.25, 0.3) is 0 Å². The highest BCUT2D eigenvalue weighted by Gasteiger charge is 2.19. The number of hydrogen-bond acceptors (Lipinski definition) is 3. The molecular formula is C12H23N3. The fourth-order valence-corrected chi connectivity index (χ4v) is 2.02.